The van der Waals surface area contributed by atoms with Gasteiger partial charge in [-0.15, -0.1) is 0 Å². The van der Waals surface area contributed by atoms with Crippen molar-refractivity contribution >= 4 is 37.7 Å². The molecule has 4 rings (SSSR count). The molecule has 0 atom stereocenters. The van der Waals surface area contributed by atoms with E-state index in [4.69, 9.17) is 4.74 Å². The van der Waals surface area contributed by atoms with Crippen molar-refractivity contribution in [3.05, 3.63) is 63.5 Å². The van der Waals surface area contributed by atoms with Gasteiger partial charge in [-0.1, -0.05) is 28.1 Å². The summed E-state index contributed by atoms with van der Waals surface area (Å²) >= 11 is 3.44. The van der Waals surface area contributed by atoms with Gasteiger partial charge >= 0.3 is 0 Å². The number of halogens is 1. The third-order valence-corrected chi connectivity index (χ3v) is 4.31. The average molecular weight is 370 g/mol. The Bertz CT molecular complexity index is 1100. The van der Waals surface area contributed by atoms with E-state index in [1.54, 1.807) is 13.3 Å². The fraction of sp³-hybridized carbons (Fsp3) is 0.0588. The van der Waals surface area contributed by atoms with E-state index in [9.17, 15) is 4.79 Å². The molecule has 4 aromatic rings. The lowest BCUT2D eigenvalue weighted by Gasteiger charge is -2.07. The molecule has 0 aliphatic carbocycles. The zero-order valence-corrected chi connectivity index (χ0v) is 13.8. The van der Waals surface area contributed by atoms with Gasteiger partial charge in [-0.3, -0.25) is 14.9 Å². The SMILES string of the molecule is COc1ccccc1-n1[nH]c2c(cnc3cc(Br)ccc32)c1=O. The lowest BCUT2D eigenvalue weighted by molar-refractivity contribution is 0.411. The summed E-state index contributed by atoms with van der Waals surface area (Å²) in [5.41, 5.74) is 2.10. The maximum Gasteiger partial charge on any atom is 0.280 e. The van der Waals surface area contributed by atoms with Gasteiger partial charge < -0.3 is 4.74 Å². The van der Waals surface area contributed by atoms with E-state index in [0.717, 1.165) is 20.9 Å². The number of aromatic amines is 1. The number of aromatic nitrogens is 3. The molecule has 114 valence electrons. The van der Waals surface area contributed by atoms with Gasteiger partial charge in [0.25, 0.3) is 5.56 Å². The van der Waals surface area contributed by atoms with E-state index >= 15 is 0 Å². The first-order valence-electron chi connectivity index (χ1n) is 7.01. The van der Waals surface area contributed by atoms with Gasteiger partial charge in [0.15, 0.2) is 0 Å². The van der Waals surface area contributed by atoms with Crippen LogP contribution in [0.1, 0.15) is 0 Å². The predicted octanol–water partition coefficient (Wildman–Crippen LogP) is 3.64. The van der Waals surface area contributed by atoms with E-state index < -0.39 is 0 Å². The molecular formula is C17H12BrN3O2. The van der Waals surface area contributed by atoms with E-state index in [1.165, 1.54) is 4.68 Å². The third kappa shape index (κ3) is 2.14. The van der Waals surface area contributed by atoms with Crippen LogP contribution in [0.25, 0.3) is 27.5 Å². The molecule has 6 heteroatoms. The minimum atomic E-state index is -0.151. The molecule has 2 aromatic carbocycles. The number of fused-ring (bicyclic) bond motifs is 3. The van der Waals surface area contributed by atoms with Crippen molar-refractivity contribution < 1.29 is 4.74 Å². The highest BCUT2D eigenvalue weighted by molar-refractivity contribution is 9.10. The number of ether oxygens (including phenoxy) is 1. The zero-order chi connectivity index (χ0) is 16.0. The average Bonchev–Trinajstić information content (AvgIpc) is 2.91. The van der Waals surface area contributed by atoms with Gasteiger partial charge in [-0.2, -0.15) is 0 Å². The van der Waals surface area contributed by atoms with Gasteiger partial charge in [0.2, 0.25) is 0 Å². The smallest absolute Gasteiger partial charge is 0.280 e. The summed E-state index contributed by atoms with van der Waals surface area (Å²) in [6.07, 6.45) is 1.61. The number of benzene rings is 2. The maximum atomic E-state index is 12.7. The van der Waals surface area contributed by atoms with E-state index in [0.29, 0.717) is 16.8 Å². The van der Waals surface area contributed by atoms with Crippen molar-refractivity contribution in [1.29, 1.82) is 0 Å². The van der Waals surface area contributed by atoms with Gasteiger partial charge in [0.05, 0.1) is 23.5 Å². The molecule has 2 aromatic heterocycles. The number of nitrogens with zero attached hydrogens (tertiary/aromatic N) is 2. The standard InChI is InChI=1S/C17H12BrN3O2/c1-23-15-5-3-2-4-14(15)21-17(22)12-9-19-13-8-10(18)6-7-11(13)16(12)20-21/h2-9,20H,1H3. The lowest BCUT2D eigenvalue weighted by Crippen LogP contribution is -2.15. The number of pyridine rings is 1. The highest BCUT2D eigenvalue weighted by Crippen LogP contribution is 2.26. The molecule has 1 N–H and O–H groups in total. The molecule has 0 bridgehead atoms. The highest BCUT2D eigenvalue weighted by Gasteiger charge is 2.14. The number of nitrogens with one attached hydrogen (secondary N) is 1. The number of H-pyrrole nitrogens is 1. The molecule has 0 saturated carbocycles. The summed E-state index contributed by atoms with van der Waals surface area (Å²) in [6, 6.07) is 13.2. The molecule has 0 radical (unpaired) electrons. The fourth-order valence-corrected chi connectivity index (χ4v) is 3.07. The van der Waals surface area contributed by atoms with Gasteiger partial charge in [0.1, 0.15) is 11.4 Å². The van der Waals surface area contributed by atoms with Crippen molar-refractivity contribution in [2.24, 2.45) is 0 Å². The van der Waals surface area contributed by atoms with E-state index in [1.807, 2.05) is 42.5 Å². The molecule has 5 nitrogen and oxygen atoms in total. The van der Waals surface area contributed by atoms with Crippen LogP contribution in [0, 0.1) is 0 Å². The van der Waals surface area contributed by atoms with Gasteiger partial charge in [-0.25, -0.2) is 4.68 Å². The second kappa shape index (κ2) is 5.24. The van der Waals surface area contributed by atoms with Crippen LogP contribution in [0.15, 0.2) is 57.9 Å². The summed E-state index contributed by atoms with van der Waals surface area (Å²) in [6.45, 7) is 0. The summed E-state index contributed by atoms with van der Waals surface area (Å²) in [4.78, 5) is 17.1. The van der Waals surface area contributed by atoms with Gasteiger partial charge in [-0.05, 0) is 30.3 Å². The normalized spacial score (nSPS) is 11.2. The first-order valence-corrected chi connectivity index (χ1v) is 7.81. The predicted molar refractivity (Wildman–Crippen MR) is 93.4 cm³/mol. The second-order valence-corrected chi connectivity index (χ2v) is 6.05. The van der Waals surface area contributed by atoms with Crippen LogP contribution < -0.4 is 10.3 Å². The molecule has 0 spiro atoms. The second-order valence-electron chi connectivity index (χ2n) is 5.13. The zero-order valence-electron chi connectivity index (χ0n) is 12.2. The third-order valence-electron chi connectivity index (χ3n) is 3.81. The largest absolute Gasteiger partial charge is 0.494 e. The molecule has 0 aliphatic heterocycles. The molecule has 23 heavy (non-hydrogen) atoms. The summed E-state index contributed by atoms with van der Waals surface area (Å²) in [5, 5.41) is 4.63. The number of hydrogen-bond acceptors (Lipinski definition) is 3. The highest BCUT2D eigenvalue weighted by atomic mass is 79.9. The first kappa shape index (κ1) is 14.0. The number of hydrogen-bond donors (Lipinski definition) is 1. The molecule has 0 fully saturated rings. The van der Waals surface area contributed by atoms with Crippen molar-refractivity contribution in [2.45, 2.75) is 0 Å². The fourth-order valence-electron chi connectivity index (χ4n) is 2.72. The lowest BCUT2D eigenvalue weighted by atomic mass is 10.2. The van der Waals surface area contributed by atoms with Gasteiger partial charge in [0, 0.05) is 16.1 Å². The Labute approximate surface area is 139 Å². The Hall–Kier alpha value is -2.60. The van der Waals surface area contributed by atoms with Crippen LogP contribution in [0.3, 0.4) is 0 Å². The summed E-state index contributed by atoms with van der Waals surface area (Å²) < 4.78 is 7.79. The van der Waals surface area contributed by atoms with E-state index in [2.05, 4.69) is 26.0 Å². The summed E-state index contributed by atoms with van der Waals surface area (Å²) in [7, 11) is 1.58. The molecule has 0 saturated heterocycles. The van der Waals surface area contributed by atoms with Crippen molar-refractivity contribution in [1.82, 2.24) is 14.8 Å². The molecular weight excluding hydrogens is 358 g/mol. The summed E-state index contributed by atoms with van der Waals surface area (Å²) in [5.74, 6) is 0.626. The van der Waals surface area contributed by atoms with Crippen LogP contribution in [-0.4, -0.2) is 21.9 Å². The molecule has 0 amide bonds. The Morgan fingerprint density at radius 3 is 2.83 bits per heavy atom. The van der Waals surface area contributed by atoms with Crippen molar-refractivity contribution in [3.63, 3.8) is 0 Å². The topological polar surface area (TPSA) is 59.9 Å². The number of para-hydroxylation sites is 2. The molecule has 2 heterocycles. The van der Waals surface area contributed by atoms with Crippen LogP contribution in [-0.2, 0) is 0 Å². The Morgan fingerprint density at radius 1 is 1.17 bits per heavy atom. The maximum absolute atomic E-state index is 12.7. The Morgan fingerprint density at radius 2 is 2.00 bits per heavy atom. The van der Waals surface area contributed by atoms with Crippen LogP contribution in [0.4, 0.5) is 0 Å². The first-order chi connectivity index (χ1) is 11.2. The van der Waals surface area contributed by atoms with Crippen LogP contribution in [0.5, 0.6) is 5.75 Å². The van der Waals surface area contributed by atoms with Crippen LogP contribution >= 0.6 is 15.9 Å². The monoisotopic (exact) mass is 369 g/mol. The Balaban J connectivity index is 2.08. The minimum absolute atomic E-state index is 0.151. The minimum Gasteiger partial charge on any atom is -0.494 e. The quantitative estimate of drug-likeness (QED) is 0.586. The van der Waals surface area contributed by atoms with Crippen LogP contribution in [0.2, 0.25) is 0 Å². The number of methoxy groups -OCH3 is 1. The van der Waals surface area contributed by atoms with Crippen molar-refractivity contribution in [3.8, 4) is 11.4 Å². The van der Waals surface area contributed by atoms with E-state index in [-0.39, 0.29) is 5.56 Å². The molecule has 0 aliphatic rings. The van der Waals surface area contributed by atoms with Crippen molar-refractivity contribution in [2.75, 3.05) is 7.11 Å². The number of rotatable bonds is 2. The Kier molecular flexibility index (Phi) is 3.20. The molecule has 0 unspecified atom stereocenters.